The first-order chi connectivity index (χ1) is 7.22. The molecule has 0 radical (unpaired) electrons. The van der Waals surface area contributed by atoms with Crippen LogP contribution in [0.2, 0.25) is 0 Å². The molecule has 1 unspecified atom stereocenters. The van der Waals surface area contributed by atoms with Crippen LogP contribution in [0.3, 0.4) is 0 Å². The van der Waals surface area contributed by atoms with Gasteiger partial charge in [-0.2, -0.15) is 0 Å². The normalized spacial score (nSPS) is 12.5. The molecule has 3 nitrogen and oxygen atoms in total. The summed E-state index contributed by atoms with van der Waals surface area (Å²) < 4.78 is 0. The van der Waals surface area contributed by atoms with Gasteiger partial charge in [-0.05, 0) is 31.9 Å². The lowest BCUT2D eigenvalue weighted by atomic mass is 10.2. The van der Waals surface area contributed by atoms with Crippen LogP contribution < -0.4 is 10.6 Å². The molecule has 1 heterocycles. The van der Waals surface area contributed by atoms with E-state index in [-0.39, 0.29) is 0 Å². The highest BCUT2D eigenvalue weighted by molar-refractivity contribution is 5.40. The number of rotatable bonds is 5. The molecule has 0 bridgehead atoms. The van der Waals surface area contributed by atoms with Gasteiger partial charge in [0.05, 0.1) is 0 Å². The summed E-state index contributed by atoms with van der Waals surface area (Å²) in [5.41, 5.74) is 6.62. The quantitative estimate of drug-likeness (QED) is 0.804. The number of hydrogen-bond donors (Lipinski definition) is 1. The van der Waals surface area contributed by atoms with E-state index >= 15 is 0 Å². The lowest BCUT2D eigenvalue weighted by Gasteiger charge is -2.28. The fourth-order valence-electron chi connectivity index (χ4n) is 1.63. The largest absolute Gasteiger partial charge is 0.354 e. The minimum Gasteiger partial charge on any atom is -0.354 e. The Kier molecular flexibility index (Phi) is 4.56. The van der Waals surface area contributed by atoms with E-state index in [9.17, 15) is 0 Å². The molecule has 0 aliphatic carbocycles. The molecule has 84 valence electrons. The Morgan fingerprint density at radius 2 is 2.13 bits per heavy atom. The standard InChI is InChI=1S/C12H21N3/c1-4-10(3)15(5-2)12-7-6-11(8-13)9-14-12/h6-7,9-10H,4-5,8,13H2,1-3H3. The van der Waals surface area contributed by atoms with Crippen molar-refractivity contribution in [1.29, 1.82) is 0 Å². The van der Waals surface area contributed by atoms with E-state index in [1.165, 1.54) is 0 Å². The smallest absolute Gasteiger partial charge is 0.128 e. The minimum absolute atomic E-state index is 0.534. The minimum atomic E-state index is 0.534. The summed E-state index contributed by atoms with van der Waals surface area (Å²) in [5, 5.41) is 0. The van der Waals surface area contributed by atoms with E-state index in [1.807, 2.05) is 12.3 Å². The van der Waals surface area contributed by atoms with Gasteiger partial charge < -0.3 is 10.6 Å². The van der Waals surface area contributed by atoms with Crippen molar-refractivity contribution in [3.05, 3.63) is 23.9 Å². The topological polar surface area (TPSA) is 42.1 Å². The Balaban J connectivity index is 2.83. The van der Waals surface area contributed by atoms with Gasteiger partial charge in [0.2, 0.25) is 0 Å². The van der Waals surface area contributed by atoms with Gasteiger partial charge in [0, 0.05) is 25.3 Å². The number of nitrogens with two attached hydrogens (primary N) is 1. The maximum Gasteiger partial charge on any atom is 0.128 e. The fraction of sp³-hybridized carbons (Fsp3) is 0.583. The van der Waals surface area contributed by atoms with Gasteiger partial charge in [0.25, 0.3) is 0 Å². The highest BCUT2D eigenvalue weighted by Gasteiger charge is 2.11. The summed E-state index contributed by atoms with van der Waals surface area (Å²) in [6.07, 6.45) is 2.99. The van der Waals surface area contributed by atoms with E-state index < -0.39 is 0 Å². The predicted molar refractivity (Wildman–Crippen MR) is 64.9 cm³/mol. The molecule has 1 aromatic rings. The molecule has 1 aromatic heterocycles. The van der Waals surface area contributed by atoms with Crippen molar-refractivity contribution in [1.82, 2.24) is 4.98 Å². The molecular formula is C12H21N3. The van der Waals surface area contributed by atoms with Crippen LogP contribution in [0.1, 0.15) is 32.8 Å². The van der Waals surface area contributed by atoms with Crippen LogP contribution in [0.25, 0.3) is 0 Å². The molecule has 15 heavy (non-hydrogen) atoms. The van der Waals surface area contributed by atoms with Crippen LogP contribution in [-0.2, 0) is 6.54 Å². The fourth-order valence-corrected chi connectivity index (χ4v) is 1.63. The maximum absolute atomic E-state index is 5.54. The SMILES string of the molecule is CCC(C)N(CC)c1ccc(CN)cn1. The van der Waals surface area contributed by atoms with Crippen molar-refractivity contribution in [2.45, 2.75) is 39.8 Å². The van der Waals surface area contributed by atoms with Gasteiger partial charge in [-0.15, -0.1) is 0 Å². The maximum atomic E-state index is 5.54. The van der Waals surface area contributed by atoms with Crippen molar-refractivity contribution in [2.24, 2.45) is 5.73 Å². The third kappa shape index (κ3) is 2.93. The lowest BCUT2D eigenvalue weighted by Crippen LogP contribution is -2.32. The molecule has 0 amide bonds. The number of pyridine rings is 1. The average molecular weight is 207 g/mol. The molecule has 0 aromatic carbocycles. The Labute approximate surface area is 92.3 Å². The average Bonchev–Trinajstić information content (AvgIpc) is 2.30. The van der Waals surface area contributed by atoms with Gasteiger partial charge in [-0.25, -0.2) is 4.98 Å². The van der Waals surface area contributed by atoms with Crippen LogP contribution in [-0.4, -0.2) is 17.6 Å². The second-order valence-electron chi connectivity index (χ2n) is 3.77. The van der Waals surface area contributed by atoms with E-state index in [4.69, 9.17) is 5.73 Å². The van der Waals surface area contributed by atoms with Gasteiger partial charge in [0.1, 0.15) is 5.82 Å². The Morgan fingerprint density at radius 1 is 1.40 bits per heavy atom. The molecule has 0 spiro atoms. The highest BCUT2D eigenvalue weighted by atomic mass is 15.2. The Morgan fingerprint density at radius 3 is 2.53 bits per heavy atom. The van der Waals surface area contributed by atoms with Crippen molar-refractivity contribution < 1.29 is 0 Å². The molecule has 3 heteroatoms. The molecule has 1 rings (SSSR count). The van der Waals surface area contributed by atoms with Crippen LogP contribution in [0.15, 0.2) is 18.3 Å². The third-order valence-electron chi connectivity index (χ3n) is 2.80. The lowest BCUT2D eigenvalue weighted by molar-refractivity contribution is 0.623. The molecule has 1 atom stereocenters. The van der Waals surface area contributed by atoms with Gasteiger partial charge in [-0.1, -0.05) is 13.0 Å². The zero-order chi connectivity index (χ0) is 11.3. The predicted octanol–water partition coefficient (Wildman–Crippen LogP) is 2.17. The van der Waals surface area contributed by atoms with E-state index in [1.54, 1.807) is 0 Å². The van der Waals surface area contributed by atoms with Crippen molar-refractivity contribution in [2.75, 3.05) is 11.4 Å². The highest BCUT2D eigenvalue weighted by Crippen LogP contribution is 2.15. The van der Waals surface area contributed by atoms with Gasteiger partial charge in [0.15, 0.2) is 0 Å². The molecule has 0 saturated heterocycles. The van der Waals surface area contributed by atoms with Gasteiger partial charge in [-0.3, -0.25) is 0 Å². The summed E-state index contributed by atoms with van der Waals surface area (Å²) >= 11 is 0. The summed E-state index contributed by atoms with van der Waals surface area (Å²) in [7, 11) is 0. The third-order valence-corrected chi connectivity index (χ3v) is 2.80. The van der Waals surface area contributed by atoms with E-state index in [0.29, 0.717) is 12.6 Å². The van der Waals surface area contributed by atoms with Crippen molar-refractivity contribution >= 4 is 5.82 Å². The van der Waals surface area contributed by atoms with Crippen LogP contribution >= 0.6 is 0 Å². The first-order valence-corrected chi connectivity index (χ1v) is 5.64. The van der Waals surface area contributed by atoms with E-state index in [0.717, 1.165) is 24.3 Å². The molecule has 0 aliphatic heterocycles. The number of nitrogens with zero attached hydrogens (tertiary/aromatic N) is 2. The molecule has 0 aliphatic rings. The zero-order valence-corrected chi connectivity index (χ0v) is 9.90. The molecule has 2 N–H and O–H groups in total. The molecule has 0 saturated carbocycles. The first-order valence-electron chi connectivity index (χ1n) is 5.64. The molecular weight excluding hydrogens is 186 g/mol. The second-order valence-corrected chi connectivity index (χ2v) is 3.77. The summed E-state index contributed by atoms with van der Waals surface area (Å²) in [6, 6.07) is 4.64. The summed E-state index contributed by atoms with van der Waals surface area (Å²) in [4.78, 5) is 6.74. The van der Waals surface area contributed by atoms with Crippen molar-refractivity contribution in [3.63, 3.8) is 0 Å². The van der Waals surface area contributed by atoms with Crippen molar-refractivity contribution in [3.8, 4) is 0 Å². The molecule has 0 fully saturated rings. The van der Waals surface area contributed by atoms with Crippen LogP contribution in [0.4, 0.5) is 5.82 Å². The summed E-state index contributed by atoms with van der Waals surface area (Å²) in [6.45, 7) is 8.13. The van der Waals surface area contributed by atoms with Crippen LogP contribution in [0, 0.1) is 0 Å². The summed E-state index contributed by atoms with van der Waals surface area (Å²) in [5.74, 6) is 1.05. The van der Waals surface area contributed by atoms with E-state index in [2.05, 4.69) is 36.7 Å². The first kappa shape index (κ1) is 12.0. The Hall–Kier alpha value is -1.09. The zero-order valence-electron chi connectivity index (χ0n) is 9.90. The van der Waals surface area contributed by atoms with Gasteiger partial charge >= 0.3 is 0 Å². The number of anilines is 1. The second kappa shape index (κ2) is 5.71. The Bertz CT molecular complexity index is 281. The number of aromatic nitrogens is 1. The number of hydrogen-bond acceptors (Lipinski definition) is 3. The monoisotopic (exact) mass is 207 g/mol. The van der Waals surface area contributed by atoms with Crippen LogP contribution in [0.5, 0.6) is 0 Å².